The number of nitrogens with two attached hydrogens (primary N) is 2. The van der Waals surface area contributed by atoms with Crippen LogP contribution in [0.5, 0.6) is 0 Å². The number of aliphatic carboxylic acids is 2. The third kappa shape index (κ3) is 8.97. The van der Waals surface area contributed by atoms with E-state index in [0.29, 0.717) is 25.8 Å². The zero-order valence-electron chi connectivity index (χ0n) is 10.7. The van der Waals surface area contributed by atoms with Crippen molar-refractivity contribution in [3.05, 3.63) is 0 Å². The van der Waals surface area contributed by atoms with Crippen molar-refractivity contribution in [3.63, 3.8) is 0 Å². The number of carboxylic acids is 2. The SMILES string of the molecule is N[C@H](CCCCNC(=O)CC[C@@H](N)C(=O)O)C(=O)O. The molecule has 0 unspecified atom stereocenters. The third-order valence-corrected chi connectivity index (χ3v) is 2.58. The van der Waals surface area contributed by atoms with Crippen molar-refractivity contribution in [3.8, 4) is 0 Å². The number of hydrogen-bond acceptors (Lipinski definition) is 5. The molecule has 0 bridgehead atoms. The molecule has 0 heterocycles. The van der Waals surface area contributed by atoms with Crippen LogP contribution in [0.1, 0.15) is 32.1 Å². The van der Waals surface area contributed by atoms with Crippen LogP contribution in [-0.2, 0) is 14.4 Å². The molecular weight excluding hydrogens is 254 g/mol. The van der Waals surface area contributed by atoms with Gasteiger partial charge in [-0.15, -0.1) is 0 Å². The summed E-state index contributed by atoms with van der Waals surface area (Å²) < 4.78 is 0. The first-order chi connectivity index (χ1) is 8.84. The van der Waals surface area contributed by atoms with Gasteiger partial charge in [0.05, 0.1) is 0 Å². The Morgan fingerprint density at radius 3 is 2.00 bits per heavy atom. The lowest BCUT2D eigenvalue weighted by atomic mass is 10.1. The quantitative estimate of drug-likeness (QED) is 0.316. The summed E-state index contributed by atoms with van der Waals surface area (Å²) in [6.07, 6.45) is 1.72. The zero-order chi connectivity index (χ0) is 14.8. The average molecular weight is 275 g/mol. The predicted molar refractivity (Wildman–Crippen MR) is 67.3 cm³/mol. The minimum atomic E-state index is -1.13. The van der Waals surface area contributed by atoms with Crippen molar-refractivity contribution in [1.29, 1.82) is 0 Å². The molecule has 0 aromatic carbocycles. The van der Waals surface area contributed by atoms with Crippen molar-refractivity contribution < 1.29 is 24.6 Å². The first-order valence-corrected chi connectivity index (χ1v) is 6.08. The van der Waals surface area contributed by atoms with Crippen molar-refractivity contribution in [2.45, 2.75) is 44.2 Å². The summed E-state index contributed by atoms with van der Waals surface area (Å²) >= 11 is 0. The summed E-state index contributed by atoms with van der Waals surface area (Å²) in [6, 6.07) is -1.90. The van der Waals surface area contributed by atoms with E-state index < -0.39 is 24.0 Å². The van der Waals surface area contributed by atoms with Crippen LogP contribution >= 0.6 is 0 Å². The Kier molecular flexibility index (Phi) is 8.47. The van der Waals surface area contributed by atoms with Crippen LogP contribution in [0.2, 0.25) is 0 Å². The Morgan fingerprint density at radius 1 is 0.947 bits per heavy atom. The van der Waals surface area contributed by atoms with Crippen LogP contribution in [-0.4, -0.2) is 46.7 Å². The topological polar surface area (TPSA) is 156 Å². The largest absolute Gasteiger partial charge is 0.480 e. The molecule has 8 nitrogen and oxygen atoms in total. The van der Waals surface area contributed by atoms with E-state index in [9.17, 15) is 14.4 Å². The number of amides is 1. The van der Waals surface area contributed by atoms with Gasteiger partial charge in [0.25, 0.3) is 0 Å². The number of carboxylic acid groups (broad SMARTS) is 2. The van der Waals surface area contributed by atoms with Gasteiger partial charge in [-0.3, -0.25) is 14.4 Å². The molecule has 0 aliphatic heterocycles. The van der Waals surface area contributed by atoms with Crippen molar-refractivity contribution in [2.24, 2.45) is 11.5 Å². The van der Waals surface area contributed by atoms with Gasteiger partial charge in [-0.25, -0.2) is 0 Å². The summed E-state index contributed by atoms with van der Waals surface area (Å²) in [4.78, 5) is 32.1. The molecule has 0 aliphatic carbocycles. The molecular formula is C11H21N3O5. The summed E-state index contributed by atoms with van der Waals surface area (Å²) in [7, 11) is 0. The van der Waals surface area contributed by atoms with E-state index >= 15 is 0 Å². The molecule has 19 heavy (non-hydrogen) atoms. The molecule has 0 fully saturated rings. The average Bonchev–Trinajstić information content (AvgIpc) is 2.34. The maximum atomic E-state index is 11.3. The molecule has 0 saturated carbocycles. The first-order valence-electron chi connectivity index (χ1n) is 6.08. The third-order valence-electron chi connectivity index (χ3n) is 2.58. The molecule has 0 radical (unpaired) electrons. The standard InChI is InChI=1S/C11H21N3O5/c12-7(10(16)17)3-1-2-6-14-9(15)5-4-8(13)11(18)19/h7-8H,1-6,12-13H2,(H,14,15)(H,16,17)(H,18,19)/t7-,8-/m1/s1. The molecule has 110 valence electrons. The predicted octanol–water partition coefficient (Wildman–Crippen LogP) is -1.12. The van der Waals surface area contributed by atoms with Crippen molar-refractivity contribution in [2.75, 3.05) is 6.54 Å². The molecule has 2 atom stereocenters. The molecule has 0 aliphatic rings. The highest BCUT2D eigenvalue weighted by molar-refractivity contribution is 5.78. The smallest absolute Gasteiger partial charge is 0.320 e. The highest BCUT2D eigenvalue weighted by Crippen LogP contribution is 1.99. The van der Waals surface area contributed by atoms with E-state index in [1.807, 2.05) is 0 Å². The second kappa shape index (κ2) is 9.29. The zero-order valence-corrected chi connectivity index (χ0v) is 10.7. The van der Waals surface area contributed by atoms with E-state index in [-0.39, 0.29) is 18.7 Å². The van der Waals surface area contributed by atoms with Crippen LogP contribution in [0.25, 0.3) is 0 Å². The fourth-order valence-electron chi connectivity index (χ4n) is 1.34. The Bertz CT molecular complexity index is 321. The van der Waals surface area contributed by atoms with Gasteiger partial charge in [0, 0.05) is 13.0 Å². The first kappa shape index (κ1) is 17.3. The van der Waals surface area contributed by atoms with Crippen molar-refractivity contribution >= 4 is 17.8 Å². The molecule has 0 aromatic heterocycles. The number of unbranched alkanes of at least 4 members (excludes halogenated alkanes) is 1. The van der Waals surface area contributed by atoms with Gasteiger partial charge in [0.15, 0.2) is 0 Å². The summed E-state index contributed by atoms with van der Waals surface area (Å²) in [6.45, 7) is 0.410. The normalized spacial score (nSPS) is 13.6. The summed E-state index contributed by atoms with van der Waals surface area (Å²) in [5, 5.41) is 19.7. The maximum Gasteiger partial charge on any atom is 0.320 e. The van der Waals surface area contributed by atoms with Crippen LogP contribution in [0.3, 0.4) is 0 Å². The highest BCUT2D eigenvalue weighted by Gasteiger charge is 2.13. The molecule has 0 aromatic rings. The fraction of sp³-hybridized carbons (Fsp3) is 0.727. The Balaban J connectivity index is 3.54. The van der Waals surface area contributed by atoms with Gasteiger partial charge >= 0.3 is 11.9 Å². The van der Waals surface area contributed by atoms with Crippen LogP contribution in [0.4, 0.5) is 0 Å². The molecule has 1 amide bonds. The van der Waals surface area contributed by atoms with Gasteiger partial charge in [-0.05, 0) is 25.7 Å². The monoisotopic (exact) mass is 275 g/mol. The number of carbonyl (C=O) groups is 3. The van der Waals surface area contributed by atoms with Gasteiger partial charge in [0.1, 0.15) is 12.1 Å². The van der Waals surface area contributed by atoms with Crippen LogP contribution in [0, 0.1) is 0 Å². The second-order valence-corrected chi connectivity index (χ2v) is 4.27. The molecule has 0 rings (SSSR count). The van der Waals surface area contributed by atoms with Crippen molar-refractivity contribution in [1.82, 2.24) is 5.32 Å². The number of hydrogen-bond donors (Lipinski definition) is 5. The van der Waals surface area contributed by atoms with E-state index in [2.05, 4.69) is 5.32 Å². The summed E-state index contributed by atoms with van der Waals surface area (Å²) in [5.74, 6) is -2.43. The van der Waals surface area contributed by atoms with Gasteiger partial charge in [0.2, 0.25) is 5.91 Å². The lowest BCUT2D eigenvalue weighted by Gasteiger charge is -2.08. The minimum Gasteiger partial charge on any atom is -0.480 e. The van der Waals surface area contributed by atoms with Crippen LogP contribution < -0.4 is 16.8 Å². The minimum absolute atomic E-state index is 0.0576. The highest BCUT2D eigenvalue weighted by atomic mass is 16.4. The van der Waals surface area contributed by atoms with Gasteiger partial charge in [-0.2, -0.15) is 0 Å². The fourth-order valence-corrected chi connectivity index (χ4v) is 1.34. The Morgan fingerprint density at radius 2 is 1.47 bits per heavy atom. The number of rotatable bonds is 10. The van der Waals surface area contributed by atoms with Crippen LogP contribution in [0.15, 0.2) is 0 Å². The molecule has 8 heteroatoms. The lowest BCUT2D eigenvalue weighted by molar-refractivity contribution is -0.139. The molecule has 0 saturated heterocycles. The number of nitrogens with one attached hydrogen (secondary N) is 1. The Hall–Kier alpha value is -1.67. The maximum absolute atomic E-state index is 11.3. The lowest BCUT2D eigenvalue weighted by Crippen LogP contribution is -2.33. The van der Waals surface area contributed by atoms with E-state index in [1.54, 1.807) is 0 Å². The molecule has 7 N–H and O–H groups in total. The second-order valence-electron chi connectivity index (χ2n) is 4.27. The Labute approximate surface area is 111 Å². The van der Waals surface area contributed by atoms with E-state index in [4.69, 9.17) is 21.7 Å². The van der Waals surface area contributed by atoms with Gasteiger partial charge < -0.3 is 27.0 Å². The van der Waals surface area contributed by atoms with E-state index in [0.717, 1.165) is 0 Å². The van der Waals surface area contributed by atoms with Gasteiger partial charge in [-0.1, -0.05) is 0 Å². The summed E-state index contributed by atoms with van der Waals surface area (Å²) in [5.41, 5.74) is 10.6. The number of carbonyl (C=O) groups excluding carboxylic acids is 1. The van der Waals surface area contributed by atoms with E-state index in [1.165, 1.54) is 0 Å². The molecule has 0 spiro atoms.